The van der Waals surface area contributed by atoms with Gasteiger partial charge in [0.25, 0.3) is 0 Å². The van der Waals surface area contributed by atoms with Crippen LogP contribution >= 0.6 is 11.3 Å². The van der Waals surface area contributed by atoms with Crippen molar-refractivity contribution in [3.63, 3.8) is 0 Å². The highest BCUT2D eigenvalue weighted by Gasteiger charge is 2.21. The molecule has 132 valence electrons. The van der Waals surface area contributed by atoms with E-state index in [2.05, 4.69) is 22.4 Å². The molecule has 4 rings (SSSR count). The zero-order valence-electron chi connectivity index (χ0n) is 14.7. The van der Waals surface area contributed by atoms with Crippen molar-refractivity contribution in [1.82, 2.24) is 10.3 Å². The average Bonchev–Trinajstić information content (AvgIpc) is 3.13. The van der Waals surface area contributed by atoms with E-state index in [0.29, 0.717) is 10.6 Å². The Kier molecular flexibility index (Phi) is 4.96. The minimum Gasteiger partial charge on any atom is -0.311 e. The summed E-state index contributed by atoms with van der Waals surface area (Å²) < 4.78 is 0. The largest absolute Gasteiger partial charge is 0.311 e. The first kappa shape index (κ1) is 17.1. The molecule has 1 aromatic heterocycles. The zero-order valence-corrected chi connectivity index (χ0v) is 15.5. The molecular weight excluding hydrogens is 342 g/mol. The van der Waals surface area contributed by atoms with Gasteiger partial charge in [-0.05, 0) is 42.4 Å². The summed E-state index contributed by atoms with van der Waals surface area (Å²) in [7, 11) is 0. The summed E-state index contributed by atoms with van der Waals surface area (Å²) in [5.74, 6) is 0.00988. The molecule has 2 heterocycles. The number of Topliss-reactive ketones (excluding diaryl/α,β-unsaturated/α-hetero) is 1. The number of allylic oxidation sites excluding steroid dienone is 2. The van der Waals surface area contributed by atoms with E-state index in [1.165, 1.54) is 34.6 Å². The van der Waals surface area contributed by atoms with Gasteiger partial charge in [0.05, 0.1) is 11.3 Å². The van der Waals surface area contributed by atoms with E-state index >= 15 is 0 Å². The fourth-order valence-electron chi connectivity index (χ4n) is 3.72. The maximum atomic E-state index is 12.8. The lowest BCUT2D eigenvalue weighted by Gasteiger charge is -2.15. The molecule has 0 bridgehead atoms. The number of carbonyl (C=O) groups is 1. The molecule has 1 aliphatic heterocycles. The Bertz CT molecular complexity index is 896. The van der Waals surface area contributed by atoms with Gasteiger partial charge in [-0.15, -0.1) is 11.3 Å². The number of thiazole rings is 1. The minimum absolute atomic E-state index is 0.00988. The van der Waals surface area contributed by atoms with E-state index in [-0.39, 0.29) is 12.2 Å². The van der Waals surface area contributed by atoms with E-state index in [9.17, 15) is 10.1 Å². The van der Waals surface area contributed by atoms with E-state index < -0.39 is 0 Å². The van der Waals surface area contributed by atoms with Gasteiger partial charge >= 0.3 is 0 Å². The molecule has 0 amide bonds. The van der Waals surface area contributed by atoms with Crippen LogP contribution in [0.25, 0.3) is 5.57 Å². The number of nitrogens with one attached hydrogen (secondary N) is 1. The number of aromatic nitrogens is 1. The fourth-order valence-corrected chi connectivity index (χ4v) is 4.74. The summed E-state index contributed by atoms with van der Waals surface area (Å²) in [6, 6.07) is 8.22. The highest BCUT2D eigenvalue weighted by molar-refractivity contribution is 7.13. The van der Waals surface area contributed by atoms with E-state index in [1.807, 2.05) is 18.2 Å². The van der Waals surface area contributed by atoms with Gasteiger partial charge in [0, 0.05) is 30.8 Å². The lowest BCUT2D eigenvalue weighted by molar-refractivity contribution is 0.0992. The van der Waals surface area contributed by atoms with Gasteiger partial charge in [0.1, 0.15) is 6.07 Å². The first-order chi connectivity index (χ1) is 12.8. The second-order valence-electron chi connectivity index (χ2n) is 6.84. The van der Waals surface area contributed by atoms with Crippen LogP contribution in [0, 0.1) is 11.3 Å². The van der Waals surface area contributed by atoms with Crippen molar-refractivity contribution in [3.05, 3.63) is 56.5 Å². The van der Waals surface area contributed by atoms with Crippen LogP contribution in [0.3, 0.4) is 0 Å². The first-order valence-corrected chi connectivity index (χ1v) is 10.0. The third kappa shape index (κ3) is 3.35. The molecule has 1 aromatic carbocycles. The van der Waals surface area contributed by atoms with Crippen LogP contribution in [0.15, 0.2) is 24.3 Å². The van der Waals surface area contributed by atoms with Crippen molar-refractivity contribution in [2.24, 2.45) is 0 Å². The number of hydrogen-bond acceptors (Lipinski definition) is 5. The summed E-state index contributed by atoms with van der Waals surface area (Å²) in [6.07, 6.45) is 7.83. The molecular formula is C21H21N3OS. The third-order valence-electron chi connectivity index (χ3n) is 5.09. The van der Waals surface area contributed by atoms with Crippen LogP contribution in [0.1, 0.15) is 62.7 Å². The number of nitriles is 1. The van der Waals surface area contributed by atoms with Crippen molar-refractivity contribution >= 4 is 22.7 Å². The Balaban J connectivity index is 1.61. The maximum Gasteiger partial charge on any atom is 0.195 e. The minimum atomic E-state index is 0.00988. The lowest BCUT2D eigenvalue weighted by atomic mass is 9.88. The highest BCUT2D eigenvalue weighted by Crippen LogP contribution is 2.31. The molecule has 1 aliphatic carbocycles. The molecule has 2 aliphatic rings. The molecule has 0 spiro atoms. The van der Waals surface area contributed by atoms with Crippen LogP contribution in [-0.4, -0.2) is 17.3 Å². The van der Waals surface area contributed by atoms with Crippen LogP contribution in [-0.2, 0) is 19.4 Å². The Morgan fingerprint density at radius 3 is 3.00 bits per heavy atom. The van der Waals surface area contributed by atoms with Crippen LogP contribution in [0.2, 0.25) is 0 Å². The van der Waals surface area contributed by atoms with Crippen molar-refractivity contribution in [2.75, 3.05) is 6.54 Å². The molecule has 26 heavy (non-hydrogen) atoms. The fraction of sp³-hybridized carbons (Fsp3) is 0.381. The molecule has 0 atom stereocenters. The predicted molar refractivity (Wildman–Crippen MR) is 103 cm³/mol. The van der Waals surface area contributed by atoms with Gasteiger partial charge < -0.3 is 5.32 Å². The van der Waals surface area contributed by atoms with E-state index in [1.54, 1.807) is 0 Å². The molecule has 0 saturated heterocycles. The number of benzene rings is 1. The SMILES string of the molecule is N#Cc1c(CC(=O)c2nc3c(s2)CNCC3)cccc1C1=CCCCC1. The van der Waals surface area contributed by atoms with Gasteiger partial charge in [-0.1, -0.05) is 24.3 Å². The van der Waals surface area contributed by atoms with Gasteiger partial charge in [-0.2, -0.15) is 5.26 Å². The number of hydrogen-bond donors (Lipinski definition) is 1. The number of rotatable bonds is 4. The molecule has 0 saturated carbocycles. The smallest absolute Gasteiger partial charge is 0.195 e. The first-order valence-electron chi connectivity index (χ1n) is 9.20. The normalized spacial score (nSPS) is 16.5. The lowest BCUT2D eigenvalue weighted by Crippen LogP contribution is -2.22. The van der Waals surface area contributed by atoms with Crippen LogP contribution < -0.4 is 5.32 Å². The van der Waals surface area contributed by atoms with Crippen molar-refractivity contribution in [2.45, 2.75) is 45.1 Å². The monoisotopic (exact) mass is 363 g/mol. The summed E-state index contributed by atoms with van der Waals surface area (Å²) in [4.78, 5) is 18.5. The average molecular weight is 363 g/mol. The maximum absolute atomic E-state index is 12.8. The summed E-state index contributed by atoms with van der Waals surface area (Å²) >= 11 is 1.49. The Morgan fingerprint density at radius 2 is 2.23 bits per heavy atom. The molecule has 0 radical (unpaired) electrons. The number of ketones is 1. The van der Waals surface area contributed by atoms with Crippen molar-refractivity contribution in [1.29, 1.82) is 5.26 Å². The summed E-state index contributed by atoms with van der Waals surface area (Å²) in [6.45, 7) is 1.72. The van der Waals surface area contributed by atoms with Gasteiger partial charge in [-0.3, -0.25) is 4.79 Å². The Labute approximate surface area is 157 Å². The Hall–Kier alpha value is -2.29. The second kappa shape index (κ2) is 7.53. The van der Waals surface area contributed by atoms with Gasteiger partial charge in [-0.25, -0.2) is 4.98 Å². The van der Waals surface area contributed by atoms with Crippen molar-refractivity contribution in [3.8, 4) is 6.07 Å². The summed E-state index contributed by atoms with van der Waals surface area (Å²) in [5.41, 5.74) is 4.77. The molecule has 4 nitrogen and oxygen atoms in total. The predicted octanol–water partition coefficient (Wildman–Crippen LogP) is 4.04. The summed E-state index contributed by atoms with van der Waals surface area (Å²) in [5, 5.41) is 13.6. The third-order valence-corrected chi connectivity index (χ3v) is 6.23. The van der Waals surface area contributed by atoms with E-state index in [0.717, 1.165) is 49.2 Å². The number of fused-ring (bicyclic) bond motifs is 1. The molecule has 2 aromatic rings. The van der Waals surface area contributed by atoms with Gasteiger partial charge in [0.2, 0.25) is 0 Å². The standard InChI is InChI=1S/C21H21N3OS/c22-12-17-15(7-4-8-16(17)14-5-2-1-3-6-14)11-19(25)21-24-18-9-10-23-13-20(18)26-21/h4-5,7-8,23H,1-3,6,9-11,13H2. The van der Waals surface area contributed by atoms with Crippen molar-refractivity contribution < 1.29 is 4.79 Å². The van der Waals surface area contributed by atoms with E-state index in [4.69, 9.17) is 0 Å². The second-order valence-corrected chi connectivity index (χ2v) is 7.93. The molecule has 1 N–H and O–H groups in total. The Morgan fingerprint density at radius 1 is 1.31 bits per heavy atom. The molecule has 0 unspecified atom stereocenters. The van der Waals surface area contributed by atoms with Crippen LogP contribution in [0.5, 0.6) is 0 Å². The number of carbonyl (C=O) groups excluding carboxylic acids is 1. The highest BCUT2D eigenvalue weighted by atomic mass is 32.1. The quantitative estimate of drug-likeness (QED) is 0.833. The van der Waals surface area contributed by atoms with Crippen LogP contribution in [0.4, 0.5) is 0 Å². The molecule has 0 fully saturated rings. The topological polar surface area (TPSA) is 65.8 Å². The number of nitrogens with zero attached hydrogens (tertiary/aromatic N) is 2. The zero-order chi connectivity index (χ0) is 17.9. The van der Waals surface area contributed by atoms with Gasteiger partial charge in [0.15, 0.2) is 10.8 Å². The molecule has 5 heteroatoms.